The van der Waals surface area contributed by atoms with Crippen LogP contribution in [0, 0.1) is 0 Å². The highest BCUT2D eigenvalue weighted by Gasteiger charge is 2.34. The number of amides is 1. The van der Waals surface area contributed by atoms with Crippen molar-refractivity contribution in [3.8, 4) is 0 Å². The fourth-order valence-corrected chi connectivity index (χ4v) is 1.60. The van der Waals surface area contributed by atoms with Crippen molar-refractivity contribution in [1.82, 2.24) is 9.80 Å². The summed E-state index contributed by atoms with van der Waals surface area (Å²) in [5, 5.41) is 0. The van der Waals surface area contributed by atoms with Crippen LogP contribution in [0.25, 0.3) is 0 Å². The Morgan fingerprint density at radius 3 is 2.13 bits per heavy atom. The van der Waals surface area contributed by atoms with Crippen LogP contribution in [0.15, 0.2) is 0 Å². The Morgan fingerprint density at radius 1 is 1.20 bits per heavy atom. The molecule has 0 aromatic heterocycles. The number of likely N-dealkylation sites (N-methyl/N-ethyl adjacent to an activating group) is 1. The fraction of sp³-hybridized carbons (Fsp3) is 0.889. The van der Waals surface area contributed by atoms with E-state index in [1.165, 1.54) is 4.90 Å². The molecule has 1 amide bonds. The molecule has 1 heterocycles. The number of carbonyl (C=O) groups excluding carboxylic acids is 1. The van der Waals surface area contributed by atoms with E-state index in [4.69, 9.17) is 0 Å². The molecule has 3 nitrogen and oxygen atoms in total. The zero-order chi connectivity index (χ0) is 11.5. The average molecular weight is 224 g/mol. The molecule has 0 N–H and O–H groups in total. The van der Waals surface area contributed by atoms with Gasteiger partial charge in [-0.05, 0) is 6.54 Å². The Labute approximate surface area is 86.8 Å². The first kappa shape index (κ1) is 12.3. The van der Waals surface area contributed by atoms with Crippen molar-refractivity contribution in [2.45, 2.75) is 19.5 Å². The molecule has 0 atom stereocenters. The lowest BCUT2D eigenvalue weighted by Gasteiger charge is -2.34. The monoisotopic (exact) mass is 224 g/mol. The Balaban J connectivity index is 2.37. The van der Waals surface area contributed by atoms with Gasteiger partial charge in [-0.1, -0.05) is 6.92 Å². The summed E-state index contributed by atoms with van der Waals surface area (Å²) in [6.45, 7) is 5.01. The van der Waals surface area contributed by atoms with Gasteiger partial charge in [0, 0.05) is 26.2 Å². The standard InChI is InChI=1S/C9H15F3N2O/c1-2-13-3-5-14(6-4-13)8(15)7-9(10,11)12/h2-7H2,1H3. The van der Waals surface area contributed by atoms with Crippen molar-refractivity contribution in [3.05, 3.63) is 0 Å². The summed E-state index contributed by atoms with van der Waals surface area (Å²) in [6, 6.07) is 0. The Kier molecular flexibility index (Phi) is 3.96. The Morgan fingerprint density at radius 2 is 1.73 bits per heavy atom. The maximum atomic E-state index is 11.9. The number of hydrogen-bond acceptors (Lipinski definition) is 2. The molecular weight excluding hydrogens is 209 g/mol. The summed E-state index contributed by atoms with van der Waals surface area (Å²) in [6.07, 6.45) is -5.72. The number of piperazine rings is 1. The highest BCUT2D eigenvalue weighted by atomic mass is 19.4. The number of nitrogens with zero attached hydrogens (tertiary/aromatic N) is 2. The van der Waals surface area contributed by atoms with E-state index in [2.05, 4.69) is 4.90 Å². The van der Waals surface area contributed by atoms with Crippen molar-refractivity contribution in [3.63, 3.8) is 0 Å². The molecule has 1 rings (SSSR count). The second kappa shape index (κ2) is 4.83. The molecule has 1 aliphatic rings. The predicted molar refractivity (Wildman–Crippen MR) is 49.4 cm³/mol. The van der Waals surface area contributed by atoms with Gasteiger partial charge in [0.25, 0.3) is 0 Å². The van der Waals surface area contributed by atoms with E-state index in [1.54, 1.807) is 0 Å². The van der Waals surface area contributed by atoms with Crippen LogP contribution in [-0.2, 0) is 4.79 Å². The number of alkyl halides is 3. The maximum absolute atomic E-state index is 11.9. The molecular formula is C9H15F3N2O. The fourth-order valence-electron chi connectivity index (χ4n) is 1.60. The largest absolute Gasteiger partial charge is 0.397 e. The van der Waals surface area contributed by atoms with Gasteiger partial charge >= 0.3 is 6.18 Å². The summed E-state index contributed by atoms with van der Waals surface area (Å²) in [5.41, 5.74) is 0. The van der Waals surface area contributed by atoms with Crippen LogP contribution < -0.4 is 0 Å². The van der Waals surface area contributed by atoms with Gasteiger partial charge in [0.15, 0.2) is 0 Å². The minimum Gasteiger partial charge on any atom is -0.340 e. The molecule has 1 fully saturated rings. The second-order valence-electron chi connectivity index (χ2n) is 3.61. The minimum absolute atomic E-state index is 0.406. The molecule has 15 heavy (non-hydrogen) atoms. The smallest absolute Gasteiger partial charge is 0.340 e. The summed E-state index contributed by atoms with van der Waals surface area (Å²) >= 11 is 0. The molecule has 0 aliphatic carbocycles. The van der Waals surface area contributed by atoms with E-state index in [1.807, 2.05) is 6.92 Å². The van der Waals surface area contributed by atoms with Gasteiger partial charge < -0.3 is 9.80 Å². The van der Waals surface area contributed by atoms with Gasteiger partial charge in [-0.15, -0.1) is 0 Å². The third kappa shape index (κ3) is 4.07. The zero-order valence-corrected chi connectivity index (χ0v) is 8.68. The lowest BCUT2D eigenvalue weighted by Crippen LogP contribution is -2.49. The molecule has 0 bridgehead atoms. The molecule has 6 heteroatoms. The first-order chi connectivity index (χ1) is 6.92. The number of carbonyl (C=O) groups is 1. The van der Waals surface area contributed by atoms with Gasteiger partial charge in [0.05, 0.1) is 0 Å². The molecule has 0 radical (unpaired) electrons. The molecule has 0 unspecified atom stereocenters. The summed E-state index contributed by atoms with van der Waals surface area (Å²) < 4.78 is 35.8. The molecule has 0 aromatic rings. The highest BCUT2D eigenvalue weighted by molar-refractivity contribution is 5.76. The van der Waals surface area contributed by atoms with Crippen LogP contribution >= 0.6 is 0 Å². The third-order valence-corrected chi connectivity index (χ3v) is 2.52. The summed E-state index contributed by atoms with van der Waals surface area (Å²) in [5.74, 6) is -0.807. The summed E-state index contributed by atoms with van der Waals surface area (Å²) in [4.78, 5) is 14.6. The number of hydrogen-bond donors (Lipinski definition) is 0. The van der Waals surface area contributed by atoms with Crippen molar-refractivity contribution < 1.29 is 18.0 Å². The SMILES string of the molecule is CCN1CCN(C(=O)CC(F)(F)F)CC1. The Hall–Kier alpha value is -0.780. The maximum Gasteiger partial charge on any atom is 0.397 e. The van der Waals surface area contributed by atoms with Crippen molar-refractivity contribution in [2.75, 3.05) is 32.7 Å². The molecule has 0 saturated carbocycles. The minimum atomic E-state index is -4.39. The van der Waals surface area contributed by atoms with E-state index in [0.717, 1.165) is 6.54 Å². The van der Waals surface area contributed by atoms with Crippen molar-refractivity contribution >= 4 is 5.91 Å². The quantitative estimate of drug-likeness (QED) is 0.701. The lowest BCUT2D eigenvalue weighted by molar-refractivity contribution is -0.162. The second-order valence-corrected chi connectivity index (χ2v) is 3.61. The first-order valence-corrected chi connectivity index (χ1v) is 4.99. The topological polar surface area (TPSA) is 23.6 Å². The van der Waals surface area contributed by atoms with Crippen LogP contribution in [-0.4, -0.2) is 54.6 Å². The molecule has 1 aliphatic heterocycles. The van der Waals surface area contributed by atoms with Crippen LogP contribution in [0.1, 0.15) is 13.3 Å². The van der Waals surface area contributed by atoms with Gasteiger partial charge in [0.2, 0.25) is 5.91 Å². The van der Waals surface area contributed by atoms with Gasteiger partial charge in [-0.25, -0.2) is 0 Å². The number of halogens is 3. The van der Waals surface area contributed by atoms with Crippen molar-refractivity contribution in [2.24, 2.45) is 0 Å². The van der Waals surface area contributed by atoms with E-state index in [0.29, 0.717) is 26.2 Å². The lowest BCUT2D eigenvalue weighted by atomic mass is 10.2. The summed E-state index contributed by atoms with van der Waals surface area (Å²) in [7, 11) is 0. The Bertz CT molecular complexity index is 222. The zero-order valence-electron chi connectivity index (χ0n) is 8.68. The van der Waals surface area contributed by atoms with E-state index in [-0.39, 0.29) is 0 Å². The number of rotatable bonds is 2. The van der Waals surface area contributed by atoms with Crippen LogP contribution in [0.5, 0.6) is 0 Å². The van der Waals surface area contributed by atoms with E-state index in [9.17, 15) is 18.0 Å². The van der Waals surface area contributed by atoms with E-state index >= 15 is 0 Å². The first-order valence-electron chi connectivity index (χ1n) is 4.99. The van der Waals surface area contributed by atoms with Gasteiger partial charge in [-0.3, -0.25) is 4.79 Å². The predicted octanol–water partition coefficient (Wildman–Crippen LogP) is 1.10. The highest BCUT2D eigenvalue weighted by Crippen LogP contribution is 2.21. The molecule has 0 spiro atoms. The molecule has 0 aromatic carbocycles. The van der Waals surface area contributed by atoms with Crippen LogP contribution in [0.3, 0.4) is 0 Å². The van der Waals surface area contributed by atoms with E-state index < -0.39 is 18.5 Å². The van der Waals surface area contributed by atoms with Gasteiger partial charge in [-0.2, -0.15) is 13.2 Å². The van der Waals surface area contributed by atoms with Crippen molar-refractivity contribution in [1.29, 1.82) is 0 Å². The normalized spacial score (nSPS) is 19.3. The molecule has 88 valence electrons. The van der Waals surface area contributed by atoms with Crippen LogP contribution in [0.2, 0.25) is 0 Å². The third-order valence-electron chi connectivity index (χ3n) is 2.52. The van der Waals surface area contributed by atoms with Crippen LogP contribution in [0.4, 0.5) is 13.2 Å². The average Bonchev–Trinajstić information content (AvgIpc) is 2.15. The van der Waals surface area contributed by atoms with Gasteiger partial charge in [0.1, 0.15) is 6.42 Å². The molecule has 1 saturated heterocycles.